The molecule has 0 saturated heterocycles. The fourth-order valence-electron chi connectivity index (χ4n) is 2.34. The molecular formula is C18H20Cl2N2O2. The third kappa shape index (κ3) is 5.11. The van der Waals surface area contributed by atoms with Gasteiger partial charge in [-0.2, -0.15) is 0 Å². The van der Waals surface area contributed by atoms with Gasteiger partial charge in [-0.25, -0.2) is 0 Å². The first kappa shape index (κ1) is 18.6. The molecule has 0 bridgehead atoms. The first-order valence-electron chi connectivity index (χ1n) is 7.89. The van der Waals surface area contributed by atoms with Crippen LogP contribution in [0.5, 0.6) is 0 Å². The van der Waals surface area contributed by atoms with E-state index in [0.717, 1.165) is 12.8 Å². The van der Waals surface area contributed by atoms with Gasteiger partial charge in [0.05, 0.1) is 11.6 Å². The van der Waals surface area contributed by atoms with Crippen molar-refractivity contribution >= 4 is 34.9 Å². The maximum absolute atomic E-state index is 12.4. The number of allylic oxidation sites excluding steroid dienone is 2. The van der Waals surface area contributed by atoms with Gasteiger partial charge in [0.1, 0.15) is 0 Å². The lowest BCUT2D eigenvalue weighted by molar-refractivity contribution is -0.117. The molecule has 1 amide bonds. The van der Waals surface area contributed by atoms with E-state index < -0.39 is 0 Å². The van der Waals surface area contributed by atoms with Gasteiger partial charge in [0.15, 0.2) is 5.78 Å². The standard InChI is InChI=1S/C18H20Cl2N2O2/c1-2-3-8-21-18(24)13-5-4-9-22(11-13)12-17(23)15-7-6-14(19)10-16(15)20/h4-7,9-10H,2-3,8,11-12H2,1H3,(H,21,24). The first-order chi connectivity index (χ1) is 11.5. The summed E-state index contributed by atoms with van der Waals surface area (Å²) < 4.78 is 0. The van der Waals surface area contributed by atoms with Crippen LogP contribution in [0.3, 0.4) is 0 Å². The molecule has 1 aliphatic rings. The number of halogens is 2. The summed E-state index contributed by atoms with van der Waals surface area (Å²) >= 11 is 11.9. The molecule has 4 nitrogen and oxygen atoms in total. The Balaban J connectivity index is 1.94. The van der Waals surface area contributed by atoms with E-state index in [1.165, 1.54) is 0 Å². The molecule has 0 atom stereocenters. The highest BCUT2D eigenvalue weighted by atomic mass is 35.5. The first-order valence-corrected chi connectivity index (χ1v) is 8.64. The van der Waals surface area contributed by atoms with Crippen molar-refractivity contribution in [2.75, 3.05) is 19.6 Å². The minimum atomic E-state index is -0.117. The van der Waals surface area contributed by atoms with Gasteiger partial charge in [0.25, 0.3) is 0 Å². The second-order valence-corrected chi connectivity index (χ2v) is 6.44. The second kappa shape index (κ2) is 8.90. The maximum Gasteiger partial charge on any atom is 0.249 e. The Morgan fingerprint density at radius 3 is 2.79 bits per heavy atom. The molecular weight excluding hydrogens is 347 g/mol. The number of carbonyl (C=O) groups excluding carboxylic acids is 2. The molecule has 6 heteroatoms. The van der Waals surface area contributed by atoms with Crippen LogP contribution < -0.4 is 5.32 Å². The smallest absolute Gasteiger partial charge is 0.249 e. The van der Waals surface area contributed by atoms with Crippen LogP contribution in [0.15, 0.2) is 42.1 Å². The van der Waals surface area contributed by atoms with Crippen LogP contribution in [-0.2, 0) is 4.79 Å². The summed E-state index contributed by atoms with van der Waals surface area (Å²) in [5.74, 6) is -0.205. The average Bonchev–Trinajstić information content (AvgIpc) is 2.55. The molecule has 1 aliphatic heterocycles. The van der Waals surface area contributed by atoms with Crippen molar-refractivity contribution in [2.24, 2.45) is 0 Å². The number of ketones is 1. The third-order valence-corrected chi connectivity index (χ3v) is 4.20. The van der Waals surface area contributed by atoms with Gasteiger partial charge in [-0.05, 0) is 36.9 Å². The highest BCUT2D eigenvalue weighted by Crippen LogP contribution is 2.22. The lowest BCUT2D eigenvalue weighted by atomic mass is 10.1. The van der Waals surface area contributed by atoms with Crippen molar-refractivity contribution < 1.29 is 9.59 Å². The zero-order valence-electron chi connectivity index (χ0n) is 13.5. The summed E-state index contributed by atoms with van der Waals surface area (Å²) in [6.45, 7) is 3.28. The fraction of sp³-hybridized carbons (Fsp3) is 0.333. The van der Waals surface area contributed by atoms with Crippen molar-refractivity contribution in [3.63, 3.8) is 0 Å². The monoisotopic (exact) mass is 366 g/mol. The highest BCUT2D eigenvalue weighted by molar-refractivity contribution is 6.36. The third-order valence-electron chi connectivity index (χ3n) is 3.65. The van der Waals surface area contributed by atoms with Crippen LogP contribution in [0.2, 0.25) is 10.0 Å². The Hall–Kier alpha value is -1.78. The van der Waals surface area contributed by atoms with Gasteiger partial charge >= 0.3 is 0 Å². The molecule has 1 N–H and O–H groups in total. The lowest BCUT2D eigenvalue weighted by Crippen LogP contribution is -2.35. The molecule has 1 aromatic rings. The lowest BCUT2D eigenvalue weighted by Gasteiger charge is -2.23. The minimum absolute atomic E-state index is 0.0882. The zero-order chi connectivity index (χ0) is 17.5. The Kier molecular flexibility index (Phi) is 6.88. The number of nitrogens with one attached hydrogen (secondary N) is 1. The van der Waals surface area contributed by atoms with E-state index in [-0.39, 0.29) is 18.2 Å². The van der Waals surface area contributed by atoms with Gasteiger partial charge in [0.2, 0.25) is 5.91 Å². The molecule has 0 unspecified atom stereocenters. The molecule has 128 valence electrons. The maximum atomic E-state index is 12.4. The molecule has 0 aliphatic carbocycles. The predicted octanol–water partition coefficient (Wildman–Crippen LogP) is 3.85. The molecule has 24 heavy (non-hydrogen) atoms. The van der Waals surface area contributed by atoms with Gasteiger partial charge in [-0.15, -0.1) is 0 Å². The molecule has 0 radical (unpaired) electrons. The molecule has 1 heterocycles. The van der Waals surface area contributed by atoms with Crippen LogP contribution in [0, 0.1) is 0 Å². The molecule has 1 aromatic carbocycles. The summed E-state index contributed by atoms with van der Waals surface area (Å²) in [5, 5.41) is 3.71. The van der Waals surface area contributed by atoms with Gasteiger partial charge < -0.3 is 10.2 Å². The number of rotatable bonds is 7. The van der Waals surface area contributed by atoms with Crippen molar-refractivity contribution in [1.82, 2.24) is 10.2 Å². The summed E-state index contributed by atoms with van der Waals surface area (Å²) in [7, 11) is 0. The van der Waals surface area contributed by atoms with Gasteiger partial charge in [0, 0.05) is 29.2 Å². The summed E-state index contributed by atoms with van der Waals surface area (Å²) in [5.41, 5.74) is 1.07. The number of Topliss-reactive ketones (excluding diaryl/α,β-unsaturated/α-hetero) is 1. The van der Waals surface area contributed by atoms with Crippen molar-refractivity contribution in [1.29, 1.82) is 0 Å². The number of benzene rings is 1. The number of amides is 1. The van der Waals surface area contributed by atoms with E-state index in [4.69, 9.17) is 23.2 Å². The van der Waals surface area contributed by atoms with Gasteiger partial charge in [-0.1, -0.05) is 42.6 Å². The molecule has 0 spiro atoms. The van der Waals surface area contributed by atoms with E-state index >= 15 is 0 Å². The Morgan fingerprint density at radius 2 is 2.08 bits per heavy atom. The van der Waals surface area contributed by atoms with Crippen molar-refractivity contribution in [3.05, 3.63) is 57.7 Å². The van der Waals surface area contributed by atoms with Gasteiger partial charge in [-0.3, -0.25) is 9.59 Å². The number of carbonyl (C=O) groups is 2. The normalized spacial score (nSPS) is 13.6. The van der Waals surface area contributed by atoms with E-state index in [9.17, 15) is 9.59 Å². The summed E-state index contributed by atoms with van der Waals surface area (Å²) in [6.07, 6.45) is 7.32. The SMILES string of the molecule is CCCCNC(=O)C1=CC=CN(CC(=O)c2ccc(Cl)cc2Cl)C1. The Morgan fingerprint density at radius 1 is 1.29 bits per heavy atom. The quantitative estimate of drug-likeness (QED) is 0.588. The number of nitrogens with zero attached hydrogens (tertiary/aromatic N) is 1. The van der Waals surface area contributed by atoms with E-state index in [1.54, 1.807) is 41.5 Å². The molecule has 0 fully saturated rings. The van der Waals surface area contributed by atoms with E-state index in [2.05, 4.69) is 12.2 Å². The van der Waals surface area contributed by atoms with Crippen LogP contribution in [-0.4, -0.2) is 36.2 Å². The Labute approximate surface area is 152 Å². The Bertz CT molecular complexity index is 684. The molecule has 0 aromatic heterocycles. The zero-order valence-corrected chi connectivity index (χ0v) is 15.0. The molecule has 2 rings (SSSR count). The van der Waals surface area contributed by atoms with Crippen molar-refractivity contribution in [2.45, 2.75) is 19.8 Å². The van der Waals surface area contributed by atoms with E-state index in [0.29, 0.717) is 34.3 Å². The average molecular weight is 367 g/mol. The van der Waals surface area contributed by atoms with E-state index in [1.807, 2.05) is 0 Å². The van der Waals surface area contributed by atoms with Crippen LogP contribution in [0.25, 0.3) is 0 Å². The predicted molar refractivity (Wildman–Crippen MR) is 97.5 cm³/mol. The van der Waals surface area contributed by atoms with Crippen LogP contribution in [0.1, 0.15) is 30.1 Å². The number of unbranched alkanes of at least 4 members (excludes halogenated alkanes) is 1. The highest BCUT2D eigenvalue weighted by Gasteiger charge is 2.18. The minimum Gasteiger partial charge on any atom is -0.365 e. The fourth-order valence-corrected chi connectivity index (χ4v) is 2.85. The summed E-state index contributed by atoms with van der Waals surface area (Å²) in [6, 6.07) is 4.81. The molecule has 0 saturated carbocycles. The topological polar surface area (TPSA) is 49.4 Å². The summed E-state index contributed by atoms with van der Waals surface area (Å²) in [4.78, 5) is 26.3. The van der Waals surface area contributed by atoms with Crippen molar-refractivity contribution in [3.8, 4) is 0 Å². The number of hydrogen-bond acceptors (Lipinski definition) is 3. The van der Waals surface area contributed by atoms with Crippen LogP contribution >= 0.6 is 23.2 Å². The second-order valence-electron chi connectivity index (χ2n) is 5.60. The largest absolute Gasteiger partial charge is 0.365 e. The van der Waals surface area contributed by atoms with Crippen LogP contribution in [0.4, 0.5) is 0 Å². The number of hydrogen-bond donors (Lipinski definition) is 1.